The van der Waals surface area contributed by atoms with Gasteiger partial charge in [0, 0.05) is 44.8 Å². The first-order valence-electron chi connectivity index (χ1n) is 12.1. The van der Waals surface area contributed by atoms with Crippen LogP contribution < -0.4 is 5.32 Å². The average molecular weight is 485 g/mol. The van der Waals surface area contributed by atoms with Gasteiger partial charge < -0.3 is 19.6 Å². The van der Waals surface area contributed by atoms with E-state index < -0.39 is 11.1 Å². The number of imide groups is 1. The minimum Gasteiger partial charge on any atom is -0.386 e. The van der Waals surface area contributed by atoms with E-state index in [4.69, 9.17) is 9.82 Å². The number of hydrogen-bond acceptors (Lipinski definition) is 6. The van der Waals surface area contributed by atoms with Crippen molar-refractivity contribution in [2.45, 2.75) is 36.8 Å². The van der Waals surface area contributed by atoms with Crippen molar-refractivity contribution in [2.75, 3.05) is 20.1 Å². The maximum Gasteiger partial charge on any atom is 0.324 e. The van der Waals surface area contributed by atoms with Gasteiger partial charge in [-0.25, -0.2) is 9.78 Å². The van der Waals surface area contributed by atoms with E-state index >= 15 is 0 Å². The molecule has 3 aliphatic heterocycles. The molecule has 2 aromatic carbocycles. The fourth-order valence-electron chi connectivity index (χ4n) is 5.99. The topological polar surface area (TPSA) is 120 Å². The average Bonchev–Trinajstić information content (AvgIpc) is 3.69. The summed E-state index contributed by atoms with van der Waals surface area (Å²) < 4.78 is 0. The van der Waals surface area contributed by atoms with Gasteiger partial charge in [0.25, 0.3) is 11.8 Å². The van der Waals surface area contributed by atoms with E-state index in [9.17, 15) is 14.4 Å². The molecular weight excluding hydrogens is 460 g/mol. The first-order valence-corrected chi connectivity index (χ1v) is 12.1. The number of likely N-dealkylation sites (N-methyl/N-ethyl adjacent to an activating group) is 1. The number of carbonyl (C=O) groups excluding carboxylic acids is 3. The summed E-state index contributed by atoms with van der Waals surface area (Å²) in [6.45, 7) is 1.11. The molecule has 3 aromatic rings. The Kier molecular flexibility index (Phi) is 4.20. The highest BCUT2D eigenvalue weighted by molar-refractivity contribution is 6.08. The molecule has 0 radical (unpaired) electrons. The zero-order valence-electron chi connectivity index (χ0n) is 19.7. The number of nitrogens with one attached hydrogen (secondary N) is 2. The molecule has 7 rings (SSSR count). The Labute approximate surface area is 206 Å². The minimum absolute atomic E-state index is 0.00355. The summed E-state index contributed by atoms with van der Waals surface area (Å²) in [4.78, 5) is 54.9. The van der Waals surface area contributed by atoms with Crippen LogP contribution in [0.1, 0.15) is 40.2 Å². The fraction of sp³-hybridized carbons (Fsp3) is 0.346. The molecule has 2 atom stereocenters. The largest absolute Gasteiger partial charge is 0.386 e. The smallest absolute Gasteiger partial charge is 0.324 e. The van der Waals surface area contributed by atoms with Crippen molar-refractivity contribution in [1.82, 2.24) is 25.1 Å². The molecule has 2 fully saturated rings. The lowest BCUT2D eigenvalue weighted by Gasteiger charge is -2.27. The van der Waals surface area contributed by atoms with Crippen LogP contribution >= 0.6 is 0 Å². The molecule has 2 N–H and O–H groups in total. The molecule has 36 heavy (non-hydrogen) atoms. The summed E-state index contributed by atoms with van der Waals surface area (Å²) in [6, 6.07) is 12.9. The van der Waals surface area contributed by atoms with Crippen LogP contribution in [0.2, 0.25) is 0 Å². The number of oxime groups is 1. The van der Waals surface area contributed by atoms with Crippen LogP contribution in [0.5, 0.6) is 0 Å². The highest BCUT2D eigenvalue weighted by atomic mass is 16.7. The number of benzene rings is 2. The maximum atomic E-state index is 12.9. The van der Waals surface area contributed by atoms with Crippen molar-refractivity contribution in [2.24, 2.45) is 5.16 Å². The van der Waals surface area contributed by atoms with Crippen molar-refractivity contribution in [3.05, 3.63) is 65.0 Å². The molecule has 4 heterocycles. The van der Waals surface area contributed by atoms with E-state index in [1.54, 1.807) is 7.05 Å². The summed E-state index contributed by atoms with van der Waals surface area (Å²) in [7, 11) is 1.67. The molecule has 2 unspecified atom stereocenters. The van der Waals surface area contributed by atoms with Crippen molar-refractivity contribution in [3.8, 4) is 0 Å². The minimum atomic E-state index is -0.859. The van der Waals surface area contributed by atoms with Crippen molar-refractivity contribution in [3.63, 3.8) is 0 Å². The third-order valence-electron chi connectivity index (χ3n) is 8.10. The molecule has 10 heteroatoms. The fourth-order valence-corrected chi connectivity index (χ4v) is 5.99. The van der Waals surface area contributed by atoms with Crippen LogP contribution in [-0.2, 0) is 22.5 Å². The van der Waals surface area contributed by atoms with Crippen LogP contribution in [0.3, 0.4) is 0 Å². The Balaban J connectivity index is 1.09. The van der Waals surface area contributed by atoms with E-state index in [0.29, 0.717) is 50.2 Å². The van der Waals surface area contributed by atoms with Gasteiger partial charge >= 0.3 is 6.03 Å². The SMILES string of the molecule is CN1C(=O)NC(=O)C12Cc1cc3nc(C4=NOC5(CCN(C(=O)c6ccccc6)C5)C4)[nH]c3cc1C2. The highest BCUT2D eigenvalue weighted by Crippen LogP contribution is 2.39. The van der Waals surface area contributed by atoms with E-state index in [1.807, 2.05) is 47.4 Å². The number of H-pyrrole nitrogens is 1. The molecule has 0 bridgehead atoms. The van der Waals surface area contributed by atoms with Gasteiger partial charge in [-0.2, -0.15) is 0 Å². The van der Waals surface area contributed by atoms with Crippen LogP contribution in [0, 0.1) is 0 Å². The van der Waals surface area contributed by atoms with Crippen molar-refractivity contribution in [1.29, 1.82) is 0 Å². The number of likely N-dealkylation sites (tertiary alicyclic amines) is 1. The Morgan fingerprint density at radius 3 is 2.61 bits per heavy atom. The Hall–Kier alpha value is -4.21. The van der Waals surface area contributed by atoms with E-state index in [0.717, 1.165) is 27.9 Å². The Morgan fingerprint density at radius 1 is 1.08 bits per heavy atom. The molecule has 1 aliphatic carbocycles. The predicted molar refractivity (Wildman–Crippen MR) is 129 cm³/mol. The number of rotatable bonds is 2. The van der Waals surface area contributed by atoms with Gasteiger partial charge in [0.1, 0.15) is 11.3 Å². The molecule has 4 amide bonds. The monoisotopic (exact) mass is 484 g/mol. The third kappa shape index (κ3) is 2.93. The summed E-state index contributed by atoms with van der Waals surface area (Å²) >= 11 is 0. The Bertz CT molecular complexity index is 1450. The molecule has 0 saturated carbocycles. The lowest BCUT2D eigenvalue weighted by atomic mass is 9.95. The summed E-state index contributed by atoms with van der Waals surface area (Å²) in [6.07, 6.45) is 2.22. The zero-order chi connectivity index (χ0) is 24.7. The molecule has 2 saturated heterocycles. The molecular formula is C26H24N6O4. The van der Waals surface area contributed by atoms with Crippen LogP contribution in [0.4, 0.5) is 4.79 Å². The van der Waals surface area contributed by atoms with Gasteiger partial charge in [-0.15, -0.1) is 0 Å². The van der Waals surface area contributed by atoms with Crippen molar-refractivity contribution < 1.29 is 19.2 Å². The number of imidazole rings is 1. The van der Waals surface area contributed by atoms with E-state index in [-0.39, 0.29) is 17.8 Å². The van der Waals surface area contributed by atoms with E-state index in [1.165, 1.54) is 4.90 Å². The van der Waals surface area contributed by atoms with Crippen LogP contribution in [0.15, 0.2) is 47.6 Å². The van der Waals surface area contributed by atoms with Gasteiger partial charge in [0.15, 0.2) is 11.4 Å². The normalized spacial score (nSPS) is 24.1. The molecule has 2 spiro atoms. The second-order valence-corrected chi connectivity index (χ2v) is 10.3. The van der Waals surface area contributed by atoms with Crippen LogP contribution in [0.25, 0.3) is 11.0 Å². The van der Waals surface area contributed by atoms with Crippen molar-refractivity contribution >= 4 is 34.6 Å². The number of amides is 4. The zero-order valence-corrected chi connectivity index (χ0v) is 19.7. The van der Waals surface area contributed by atoms with Gasteiger partial charge in [0.2, 0.25) is 0 Å². The molecule has 10 nitrogen and oxygen atoms in total. The summed E-state index contributed by atoms with van der Waals surface area (Å²) in [5, 5.41) is 6.79. The molecule has 182 valence electrons. The first kappa shape index (κ1) is 21.1. The number of fused-ring (bicyclic) bond motifs is 2. The number of aromatic amines is 1. The standard InChI is InChI=1S/C26H24N6O4/c1-31-24(35)29-23(34)26(31)11-16-9-18-19(10-17(16)12-26)28-21(27-18)20-13-25(36-30-20)7-8-32(14-25)22(33)15-5-3-2-4-6-15/h2-6,9-10H,7-8,11-14H2,1H3,(H,27,28)(H,29,34,35). The van der Waals surface area contributed by atoms with Crippen LogP contribution in [-0.4, -0.2) is 74.6 Å². The molecule has 1 aromatic heterocycles. The van der Waals surface area contributed by atoms with Gasteiger partial charge in [-0.1, -0.05) is 23.4 Å². The second kappa shape index (κ2) is 7.16. The van der Waals surface area contributed by atoms with Gasteiger partial charge in [-0.05, 0) is 35.4 Å². The van der Waals surface area contributed by atoms with E-state index in [2.05, 4.69) is 15.5 Å². The number of aromatic nitrogens is 2. The summed E-state index contributed by atoms with van der Waals surface area (Å²) in [5.41, 5.74) is 3.70. The maximum absolute atomic E-state index is 12.9. The molecule has 4 aliphatic rings. The third-order valence-corrected chi connectivity index (χ3v) is 8.10. The number of urea groups is 1. The predicted octanol–water partition coefficient (Wildman–Crippen LogP) is 1.99. The first-order chi connectivity index (χ1) is 17.4. The Morgan fingerprint density at radius 2 is 1.86 bits per heavy atom. The lowest BCUT2D eigenvalue weighted by Crippen LogP contribution is -2.48. The summed E-state index contributed by atoms with van der Waals surface area (Å²) in [5.74, 6) is 0.408. The number of hydrogen-bond donors (Lipinski definition) is 2. The quantitative estimate of drug-likeness (QED) is 0.539. The highest BCUT2D eigenvalue weighted by Gasteiger charge is 2.54. The number of nitrogens with zero attached hydrogens (tertiary/aromatic N) is 4. The van der Waals surface area contributed by atoms with Gasteiger partial charge in [-0.3, -0.25) is 14.9 Å². The lowest BCUT2D eigenvalue weighted by molar-refractivity contribution is -0.125. The number of carbonyl (C=O) groups is 3. The second-order valence-electron chi connectivity index (χ2n) is 10.3. The van der Waals surface area contributed by atoms with Gasteiger partial charge in [0.05, 0.1) is 17.6 Å².